The van der Waals surface area contributed by atoms with Crippen LogP contribution >= 0.6 is 0 Å². The molecule has 0 aliphatic carbocycles. The fraction of sp³-hybridized carbons (Fsp3) is 0.238. The zero-order valence-corrected chi connectivity index (χ0v) is 14.8. The number of carbonyl (C=O) groups is 1. The standard InChI is InChI=1S/C21H22N4O/c1-15-7-9-16(10-8-15)11-20(26)22-21-18-13-25(14-19(18)23-24-21)12-17-5-3-2-4-6-17/h2-10H,11-14H2,1H3,(H2,22,23,24,26). The van der Waals surface area contributed by atoms with Crippen molar-refractivity contribution in [2.45, 2.75) is 33.0 Å². The van der Waals surface area contributed by atoms with Crippen LogP contribution < -0.4 is 5.32 Å². The second kappa shape index (κ2) is 7.14. The predicted octanol–water partition coefficient (Wildman–Crippen LogP) is 3.42. The summed E-state index contributed by atoms with van der Waals surface area (Å²) in [5.41, 5.74) is 5.67. The van der Waals surface area contributed by atoms with Gasteiger partial charge in [0, 0.05) is 25.2 Å². The number of aromatic amines is 1. The van der Waals surface area contributed by atoms with E-state index in [4.69, 9.17) is 0 Å². The van der Waals surface area contributed by atoms with Crippen LogP contribution in [0.1, 0.15) is 27.9 Å². The van der Waals surface area contributed by atoms with Crippen LogP contribution in [0.3, 0.4) is 0 Å². The molecule has 0 saturated heterocycles. The Hall–Kier alpha value is -2.92. The maximum absolute atomic E-state index is 12.4. The van der Waals surface area contributed by atoms with Crippen molar-refractivity contribution in [1.82, 2.24) is 15.1 Å². The lowest BCUT2D eigenvalue weighted by Gasteiger charge is -2.15. The minimum Gasteiger partial charge on any atom is -0.309 e. The van der Waals surface area contributed by atoms with E-state index < -0.39 is 0 Å². The molecule has 1 aromatic heterocycles. The maximum atomic E-state index is 12.4. The normalized spacial score (nSPS) is 13.6. The fourth-order valence-electron chi connectivity index (χ4n) is 3.33. The molecule has 2 N–H and O–H groups in total. The lowest BCUT2D eigenvalue weighted by molar-refractivity contribution is -0.115. The van der Waals surface area contributed by atoms with Gasteiger partial charge in [0.25, 0.3) is 0 Å². The van der Waals surface area contributed by atoms with Gasteiger partial charge in [-0.15, -0.1) is 0 Å². The number of nitrogens with one attached hydrogen (secondary N) is 2. The molecule has 0 saturated carbocycles. The van der Waals surface area contributed by atoms with Crippen molar-refractivity contribution in [1.29, 1.82) is 0 Å². The Labute approximate surface area is 153 Å². The van der Waals surface area contributed by atoms with Crippen LogP contribution in [0.25, 0.3) is 0 Å². The van der Waals surface area contributed by atoms with Gasteiger partial charge in [-0.25, -0.2) is 0 Å². The van der Waals surface area contributed by atoms with Gasteiger partial charge >= 0.3 is 0 Å². The number of nitrogens with zero attached hydrogens (tertiary/aromatic N) is 2. The number of aromatic nitrogens is 2. The number of amides is 1. The highest BCUT2D eigenvalue weighted by Gasteiger charge is 2.25. The number of rotatable bonds is 5. The molecule has 0 radical (unpaired) electrons. The van der Waals surface area contributed by atoms with Crippen molar-refractivity contribution in [2.24, 2.45) is 0 Å². The lowest BCUT2D eigenvalue weighted by atomic mass is 10.1. The van der Waals surface area contributed by atoms with Crippen LogP contribution in [-0.2, 0) is 30.8 Å². The quantitative estimate of drug-likeness (QED) is 0.744. The van der Waals surface area contributed by atoms with E-state index >= 15 is 0 Å². The van der Waals surface area contributed by atoms with Gasteiger partial charge in [-0.3, -0.25) is 14.8 Å². The molecule has 0 fully saturated rings. The van der Waals surface area contributed by atoms with Crippen LogP contribution in [-0.4, -0.2) is 21.0 Å². The average molecular weight is 346 g/mol. The highest BCUT2D eigenvalue weighted by atomic mass is 16.1. The third kappa shape index (κ3) is 3.68. The lowest BCUT2D eigenvalue weighted by Crippen LogP contribution is -2.18. The number of aryl methyl sites for hydroxylation is 1. The molecular weight excluding hydrogens is 324 g/mol. The van der Waals surface area contributed by atoms with Gasteiger partial charge in [0.05, 0.1) is 12.1 Å². The average Bonchev–Trinajstić information content (AvgIpc) is 3.19. The molecule has 0 unspecified atom stereocenters. The third-order valence-corrected chi connectivity index (χ3v) is 4.71. The van der Waals surface area contributed by atoms with E-state index in [2.05, 4.69) is 44.7 Å². The van der Waals surface area contributed by atoms with Crippen LogP contribution in [0, 0.1) is 6.92 Å². The zero-order valence-electron chi connectivity index (χ0n) is 14.8. The zero-order chi connectivity index (χ0) is 17.9. The molecule has 0 bridgehead atoms. The Morgan fingerprint density at radius 2 is 1.85 bits per heavy atom. The van der Waals surface area contributed by atoms with Crippen LogP contribution in [0.15, 0.2) is 54.6 Å². The molecule has 5 nitrogen and oxygen atoms in total. The number of H-pyrrole nitrogens is 1. The van der Waals surface area contributed by atoms with Gasteiger partial charge in [0.2, 0.25) is 5.91 Å². The van der Waals surface area contributed by atoms with E-state index in [9.17, 15) is 4.79 Å². The van der Waals surface area contributed by atoms with Crippen LogP contribution in [0.2, 0.25) is 0 Å². The van der Waals surface area contributed by atoms with E-state index in [1.807, 2.05) is 37.3 Å². The molecule has 1 amide bonds. The van der Waals surface area contributed by atoms with Crippen LogP contribution in [0.4, 0.5) is 5.82 Å². The molecule has 26 heavy (non-hydrogen) atoms. The van der Waals surface area contributed by atoms with Crippen molar-refractivity contribution in [3.8, 4) is 0 Å². The second-order valence-electron chi connectivity index (χ2n) is 6.87. The number of benzene rings is 2. The molecule has 0 atom stereocenters. The Morgan fingerprint density at radius 3 is 2.62 bits per heavy atom. The smallest absolute Gasteiger partial charge is 0.230 e. The molecule has 1 aliphatic heterocycles. The molecular formula is C21H22N4O. The summed E-state index contributed by atoms with van der Waals surface area (Å²) in [7, 11) is 0. The summed E-state index contributed by atoms with van der Waals surface area (Å²) in [4.78, 5) is 14.7. The monoisotopic (exact) mass is 346 g/mol. The van der Waals surface area contributed by atoms with E-state index in [1.54, 1.807) is 0 Å². The van der Waals surface area contributed by atoms with Crippen molar-refractivity contribution < 1.29 is 4.79 Å². The number of carbonyl (C=O) groups excluding carboxylic acids is 1. The number of anilines is 1. The van der Waals surface area contributed by atoms with E-state index in [0.717, 1.165) is 36.5 Å². The summed E-state index contributed by atoms with van der Waals surface area (Å²) < 4.78 is 0. The minimum atomic E-state index is -0.0373. The Kier molecular flexibility index (Phi) is 4.54. The van der Waals surface area contributed by atoms with Crippen LogP contribution in [0.5, 0.6) is 0 Å². The first-order valence-electron chi connectivity index (χ1n) is 8.85. The highest BCUT2D eigenvalue weighted by Crippen LogP contribution is 2.28. The van der Waals surface area contributed by atoms with E-state index in [1.165, 1.54) is 11.1 Å². The van der Waals surface area contributed by atoms with E-state index in [0.29, 0.717) is 12.2 Å². The van der Waals surface area contributed by atoms with Crippen molar-refractivity contribution in [3.63, 3.8) is 0 Å². The summed E-state index contributed by atoms with van der Waals surface area (Å²) in [5.74, 6) is 0.623. The summed E-state index contributed by atoms with van der Waals surface area (Å²) in [6, 6.07) is 18.4. The third-order valence-electron chi connectivity index (χ3n) is 4.71. The van der Waals surface area contributed by atoms with Gasteiger partial charge < -0.3 is 5.32 Å². The predicted molar refractivity (Wildman–Crippen MR) is 101 cm³/mol. The Morgan fingerprint density at radius 1 is 1.08 bits per heavy atom. The molecule has 5 heteroatoms. The molecule has 0 spiro atoms. The number of hydrogen-bond acceptors (Lipinski definition) is 3. The number of fused-ring (bicyclic) bond motifs is 1. The van der Waals surface area contributed by atoms with Crippen molar-refractivity contribution in [2.75, 3.05) is 5.32 Å². The highest BCUT2D eigenvalue weighted by molar-refractivity contribution is 5.92. The minimum absolute atomic E-state index is 0.0373. The molecule has 3 aromatic rings. The first-order chi connectivity index (χ1) is 12.7. The van der Waals surface area contributed by atoms with E-state index in [-0.39, 0.29) is 5.91 Å². The molecule has 1 aliphatic rings. The molecule has 4 rings (SSSR count). The Bertz CT molecular complexity index is 900. The number of hydrogen-bond donors (Lipinski definition) is 2. The van der Waals surface area contributed by atoms with Gasteiger partial charge in [-0.2, -0.15) is 5.10 Å². The molecule has 2 heterocycles. The first kappa shape index (κ1) is 16.5. The SMILES string of the molecule is Cc1ccc(CC(=O)Nc2n[nH]c3c2CN(Cc2ccccc2)C3)cc1. The maximum Gasteiger partial charge on any atom is 0.230 e. The summed E-state index contributed by atoms with van der Waals surface area (Å²) >= 11 is 0. The van der Waals surface area contributed by atoms with Crippen molar-refractivity contribution >= 4 is 11.7 Å². The topological polar surface area (TPSA) is 61.0 Å². The summed E-state index contributed by atoms with van der Waals surface area (Å²) in [6.45, 7) is 4.55. The van der Waals surface area contributed by atoms with Gasteiger partial charge in [0.1, 0.15) is 0 Å². The summed E-state index contributed by atoms with van der Waals surface area (Å²) in [5, 5.41) is 10.3. The summed E-state index contributed by atoms with van der Waals surface area (Å²) in [6.07, 6.45) is 0.357. The first-order valence-corrected chi connectivity index (χ1v) is 8.85. The second-order valence-corrected chi connectivity index (χ2v) is 6.87. The van der Waals surface area contributed by atoms with Gasteiger partial charge in [-0.05, 0) is 18.1 Å². The van der Waals surface area contributed by atoms with Gasteiger partial charge in [-0.1, -0.05) is 60.2 Å². The van der Waals surface area contributed by atoms with Gasteiger partial charge in [0.15, 0.2) is 5.82 Å². The molecule has 132 valence electrons. The fourth-order valence-corrected chi connectivity index (χ4v) is 3.33. The van der Waals surface area contributed by atoms with Crippen molar-refractivity contribution in [3.05, 3.63) is 82.5 Å². The molecule has 2 aromatic carbocycles. The largest absolute Gasteiger partial charge is 0.309 e. The Balaban J connectivity index is 1.38.